The minimum absolute atomic E-state index is 0.178. The Bertz CT molecular complexity index is 1170. The second kappa shape index (κ2) is 11.3. The van der Waals surface area contributed by atoms with Gasteiger partial charge in [-0.1, -0.05) is 63.0 Å². The highest BCUT2D eigenvalue weighted by atomic mass is 19.1. The van der Waals surface area contributed by atoms with E-state index in [1.807, 2.05) is 30.3 Å². The lowest BCUT2D eigenvalue weighted by Crippen LogP contribution is -1.95. The van der Waals surface area contributed by atoms with Crippen molar-refractivity contribution in [1.82, 2.24) is 0 Å². The lowest BCUT2D eigenvalue weighted by atomic mass is 10.0. The standard InChI is InChI=1S/C30H28F2/c1-4-7-8-25-20-29(31)28(30(32)21-25)18-15-24-14-17-27(26(6-3)19-24)16-13-23-11-9-22(5-2)10-12-23/h9-12,14,17,19-21H,4-8H2,1-3H3. The summed E-state index contributed by atoms with van der Waals surface area (Å²) in [7, 11) is 0. The Morgan fingerprint density at radius 1 is 0.656 bits per heavy atom. The molecule has 0 aliphatic carbocycles. The number of hydrogen-bond acceptors (Lipinski definition) is 0. The van der Waals surface area contributed by atoms with E-state index < -0.39 is 11.6 Å². The van der Waals surface area contributed by atoms with Crippen LogP contribution < -0.4 is 0 Å². The maximum absolute atomic E-state index is 14.4. The zero-order valence-corrected chi connectivity index (χ0v) is 19.0. The Morgan fingerprint density at radius 2 is 1.31 bits per heavy atom. The first-order valence-electron chi connectivity index (χ1n) is 11.3. The zero-order chi connectivity index (χ0) is 22.9. The highest BCUT2D eigenvalue weighted by Gasteiger charge is 2.09. The number of hydrogen-bond donors (Lipinski definition) is 0. The molecule has 162 valence electrons. The predicted octanol–water partition coefficient (Wildman–Crippen LogP) is 7.23. The highest BCUT2D eigenvalue weighted by Crippen LogP contribution is 2.17. The number of aryl methyl sites for hydroxylation is 3. The maximum Gasteiger partial charge on any atom is 0.142 e. The van der Waals surface area contributed by atoms with Crippen molar-refractivity contribution in [1.29, 1.82) is 0 Å². The molecular formula is C30H28F2. The molecular weight excluding hydrogens is 398 g/mol. The third kappa shape index (κ3) is 6.09. The van der Waals surface area contributed by atoms with E-state index in [0.29, 0.717) is 17.5 Å². The van der Waals surface area contributed by atoms with Crippen molar-refractivity contribution in [3.05, 3.63) is 105 Å². The third-order valence-electron chi connectivity index (χ3n) is 5.44. The number of halogens is 2. The van der Waals surface area contributed by atoms with E-state index in [1.54, 1.807) is 0 Å². The summed E-state index contributed by atoms with van der Waals surface area (Å²) in [5.41, 5.74) is 5.47. The largest absolute Gasteiger partial charge is 0.206 e. The second-order valence-electron chi connectivity index (χ2n) is 7.81. The Labute approximate surface area is 190 Å². The molecule has 0 aliphatic rings. The van der Waals surface area contributed by atoms with Crippen molar-refractivity contribution >= 4 is 0 Å². The van der Waals surface area contributed by atoms with Gasteiger partial charge in [-0.2, -0.15) is 0 Å². The first-order valence-corrected chi connectivity index (χ1v) is 11.3. The molecule has 3 aromatic carbocycles. The van der Waals surface area contributed by atoms with E-state index in [4.69, 9.17) is 0 Å². The van der Waals surface area contributed by atoms with Crippen LogP contribution in [0.1, 0.15) is 72.6 Å². The van der Waals surface area contributed by atoms with E-state index in [0.717, 1.165) is 42.4 Å². The molecule has 0 unspecified atom stereocenters. The molecule has 0 aromatic heterocycles. The summed E-state index contributed by atoms with van der Waals surface area (Å²) in [5.74, 6) is 10.9. The molecule has 2 heteroatoms. The average molecular weight is 427 g/mol. The molecule has 0 radical (unpaired) electrons. The number of unbranched alkanes of at least 4 members (excludes halogenated alkanes) is 1. The van der Waals surface area contributed by atoms with Gasteiger partial charge in [0.05, 0.1) is 5.56 Å². The van der Waals surface area contributed by atoms with Crippen LogP contribution in [0.4, 0.5) is 8.78 Å². The monoisotopic (exact) mass is 426 g/mol. The minimum Gasteiger partial charge on any atom is -0.206 e. The molecule has 3 aromatic rings. The van der Waals surface area contributed by atoms with Crippen molar-refractivity contribution in [2.45, 2.75) is 52.9 Å². The van der Waals surface area contributed by atoms with Gasteiger partial charge in [0, 0.05) is 16.7 Å². The summed E-state index contributed by atoms with van der Waals surface area (Å²) in [4.78, 5) is 0. The topological polar surface area (TPSA) is 0 Å². The van der Waals surface area contributed by atoms with Crippen LogP contribution in [-0.2, 0) is 19.3 Å². The summed E-state index contributed by atoms with van der Waals surface area (Å²) < 4.78 is 28.8. The van der Waals surface area contributed by atoms with Gasteiger partial charge in [0.25, 0.3) is 0 Å². The van der Waals surface area contributed by atoms with Gasteiger partial charge in [0.15, 0.2) is 0 Å². The SMILES string of the molecule is CCCCc1cc(F)c(C#Cc2ccc(C#Cc3ccc(CC)cc3)c(CC)c2)c(F)c1. The van der Waals surface area contributed by atoms with Crippen LogP contribution in [0, 0.1) is 35.3 Å². The van der Waals surface area contributed by atoms with Crippen molar-refractivity contribution in [2.24, 2.45) is 0 Å². The predicted molar refractivity (Wildman–Crippen MR) is 129 cm³/mol. The molecule has 0 N–H and O–H groups in total. The summed E-state index contributed by atoms with van der Waals surface area (Å²) >= 11 is 0. The van der Waals surface area contributed by atoms with Crippen LogP contribution >= 0.6 is 0 Å². The normalized spacial score (nSPS) is 10.2. The molecule has 0 heterocycles. The van der Waals surface area contributed by atoms with Gasteiger partial charge in [0.2, 0.25) is 0 Å². The number of benzene rings is 3. The summed E-state index contributed by atoms with van der Waals surface area (Å²) in [6.07, 6.45) is 4.36. The van der Waals surface area contributed by atoms with Crippen molar-refractivity contribution in [2.75, 3.05) is 0 Å². The minimum atomic E-state index is -0.601. The molecule has 0 aliphatic heterocycles. The highest BCUT2D eigenvalue weighted by molar-refractivity contribution is 5.52. The van der Waals surface area contributed by atoms with E-state index in [1.165, 1.54) is 17.7 Å². The fourth-order valence-electron chi connectivity index (χ4n) is 3.45. The van der Waals surface area contributed by atoms with Gasteiger partial charge in [-0.3, -0.25) is 0 Å². The van der Waals surface area contributed by atoms with Gasteiger partial charge >= 0.3 is 0 Å². The Morgan fingerprint density at radius 3 is 1.94 bits per heavy atom. The molecule has 0 saturated carbocycles. The summed E-state index contributed by atoms with van der Waals surface area (Å²) in [6.45, 7) is 6.24. The molecule has 3 rings (SSSR count). The van der Waals surface area contributed by atoms with Crippen LogP contribution in [0.3, 0.4) is 0 Å². The average Bonchev–Trinajstić information content (AvgIpc) is 2.81. The van der Waals surface area contributed by atoms with E-state index in [-0.39, 0.29) is 5.56 Å². The number of rotatable bonds is 5. The summed E-state index contributed by atoms with van der Waals surface area (Å²) in [5, 5.41) is 0. The zero-order valence-electron chi connectivity index (χ0n) is 19.0. The van der Waals surface area contributed by atoms with Crippen molar-refractivity contribution < 1.29 is 8.78 Å². The lowest BCUT2D eigenvalue weighted by Gasteiger charge is -2.04. The molecule has 0 amide bonds. The van der Waals surface area contributed by atoms with Crippen LogP contribution in [0.25, 0.3) is 0 Å². The molecule has 0 atom stereocenters. The van der Waals surface area contributed by atoms with E-state index in [2.05, 4.69) is 56.6 Å². The third-order valence-corrected chi connectivity index (χ3v) is 5.44. The Hall–Kier alpha value is -3.36. The molecule has 0 saturated heterocycles. The molecule has 0 spiro atoms. The second-order valence-corrected chi connectivity index (χ2v) is 7.81. The van der Waals surface area contributed by atoms with Crippen LogP contribution in [0.5, 0.6) is 0 Å². The maximum atomic E-state index is 14.4. The van der Waals surface area contributed by atoms with Gasteiger partial charge < -0.3 is 0 Å². The van der Waals surface area contributed by atoms with Gasteiger partial charge in [-0.05, 0) is 84.8 Å². The quantitative estimate of drug-likeness (QED) is 0.378. The van der Waals surface area contributed by atoms with Crippen LogP contribution in [0.15, 0.2) is 54.6 Å². The van der Waals surface area contributed by atoms with Crippen LogP contribution in [0.2, 0.25) is 0 Å². The molecule has 32 heavy (non-hydrogen) atoms. The molecule has 0 fully saturated rings. The summed E-state index contributed by atoms with van der Waals surface area (Å²) in [6, 6.07) is 16.8. The van der Waals surface area contributed by atoms with E-state index >= 15 is 0 Å². The van der Waals surface area contributed by atoms with Gasteiger partial charge in [0.1, 0.15) is 11.6 Å². The fraction of sp³-hybridized carbons (Fsp3) is 0.267. The van der Waals surface area contributed by atoms with Crippen LogP contribution in [-0.4, -0.2) is 0 Å². The lowest BCUT2D eigenvalue weighted by molar-refractivity contribution is 0.572. The van der Waals surface area contributed by atoms with E-state index in [9.17, 15) is 8.78 Å². The first kappa shape index (κ1) is 23.3. The van der Waals surface area contributed by atoms with Crippen molar-refractivity contribution in [3.8, 4) is 23.7 Å². The molecule has 0 nitrogen and oxygen atoms in total. The molecule has 0 bridgehead atoms. The smallest absolute Gasteiger partial charge is 0.142 e. The van der Waals surface area contributed by atoms with Crippen molar-refractivity contribution in [3.63, 3.8) is 0 Å². The Balaban J connectivity index is 1.83. The van der Waals surface area contributed by atoms with Gasteiger partial charge in [-0.25, -0.2) is 8.78 Å². The fourth-order valence-corrected chi connectivity index (χ4v) is 3.45. The first-order chi connectivity index (χ1) is 15.5. The Kier molecular flexibility index (Phi) is 8.24. The van der Waals surface area contributed by atoms with Gasteiger partial charge in [-0.15, -0.1) is 0 Å².